The molecule has 3 unspecified atom stereocenters. The highest BCUT2D eigenvalue weighted by Crippen LogP contribution is 2.44. The van der Waals surface area contributed by atoms with E-state index in [0.29, 0.717) is 5.75 Å². The molecule has 28 heavy (non-hydrogen) atoms. The van der Waals surface area contributed by atoms with E-state index in [9.17, 15) is 10.2 Å². The van der Waals surface area contributed by atoms with Crippen LogP contribution in [-0.4, -0.2) is 16.3 Å². The van der Waals surface area contributed by atoms with Gasteiger partial charge in [0.1, 0.15) is 5.75 Å². The molecule has 156 valence electrons. The zero-order chi connectivity index (χ0) is 21.4. The van der Waals surface area contributed by atoms with Crippen molar-refractivity contribution in [1.82, 2.24) is 0 Å². The van der Waals surface area contributed by atoms with Gasteiger partial charge in [-0.25, -0.2) is 0 Å². The highest BCUT2D eigenvalue weighted by molar-refractivity contribution is 5.51. The first kappa shape index (κ1) is 22.7. The fourth-order valence-electron chi connectivity index (χ4n) is 4.49. The van der Waals surface area contributed by atoms with E-state index in [0.717, 1.165) is 24.0 Å². The standard InChI is InChI=1S/C26H40O2/c1-10-11-18(19-14-21(25(4,5)6)23(27)12-16(19)2)20-15-22(26(7,8)9)24(28)13-17(20)3/h12-15,18,21,23,27-28H,10-11H2,1-9H3. The molecule has 0 amide bonds. The number of aryl methyl sites for hydroxylation is 1. The molecule has 0 fully saturated rings. The van der Waals surface area contributed by atoms with Crippen LogP contribution in [-0.2, 0) is 5.41 Å². The molecule has 2 heteroatoms. The smallest absolute Gasteiger partial charge is 0.119 e. The van der Waals surface area contributed by atoms with Gasteiger partial charge in [0.15, 0.2) is 0 Å². The molecular weight excluding hydrogens is 344 g/mol. The molecule has 0 radical (unpaired) electrons. The second kappa shape index (κ2) is 8.06. The maximum Gasteiger partial charge on any atom is 0.119 e. The molecule has 1 aliphatic carbocycles. The molecular formula is C26H40O2. The van der Waals surface area contributed by atoms with Gasteiger partial charge in [-0.05, 0) is 65.0 Å². The fraction of sp³-hybridized carbons (Fsp3) is 0.615. The summed E-state index contributed by atoms with van der Waals surface area (Å²) in [4.78, 5) is 0. The van der Waals surface area contributed by atoms with E-state index in [-0.39, 0.29) is 22.7 Å². The topological polar surface area (TPSA) is 40.5 Å². The van der Waals surface area contributed by atoms with Crippen LogP contribution in [0.4, 0.5) is 0 Å². The first-order valence-electron chi connectivity index (χ1n) is 10.7. The van der Waals surface area contributed by atoms with Crippen LogP contribution in [0.25, 0.3) is 0 Å². The van der Waals surface area contributed by atoms with E-state index in [4.69, 9.17) is 0 Å². The number of rotatable bonds is 4. The van der Waals surface area contributed by atoms with Gasteiger partial charge in [0, 0.05) is 11.8 Å². The third-order valence-electron chi connectivity index (χ3n) is 6.12. The molecule has 0 bridgehead atoms. The number of aliphatic hydroxyl groups is 1. The Bertz CT molecular complexity index is 769. The van der Waals surface area contributed by atoms with E-state index in [1.54, 1.807) is 0 Å². The van der Waals surface area contributed by atoms with E-state index in [2.05, 4.69) is 74.5 Å². The van der Waals surface area contributed by atoms with Gasteiger partial charge < -0.3 is 10.2 Å². The molecule has 0 aromatic heterocycles. The maximum atomic E-state index is 10.7. The molecule has 3 atom stereocenters. The van der Waals surface area contributed by atoms with Gasteiger partial charge >= 0.3 is 0 Å². The van der Waals surface area contributed by atoms with Crippen LogP contribution in [0.2, 0.25) is 0 Å². The third-order valence-corrected chi connectivity index (χ3v) is 6.12. The molecule has 2 rings (SSSR count). The van der Waals surface area contributed by atoms with Gasteiger partial charge in [-0.3, -0.25) is 0 Å². The van der Waals surface area contributed by atoms with Gasteiger partial charge in [-0.15, -0.1) is 0 Å². The van der Waals surface area contributed by atoms with Crippen LogP contribution in [0.15, 0.2) is 35.4 Å². The summed E-state index contributed by atoms with van der Waals surface area (Å²) in [5.41, 5.74) is 5.83. The lowest BCUT2D eigenvalue weighted by Gasteiger charge is -2.37. The Labute approximate surface area is 172 Å². The highest BCUT2D eigenvalue weighted by atomic mass is 16.3. The average Bonchev–Trinajstić information content (AvgIpc) is 2.51. The normalized spacial score (nSPS) is 21.9. The summed E-state index contributed by atoms with van der Waals surface area (Å²) in [6, 6.07) is 4.15. The van der Waals surface area contributed by atoms with E-state index in [1.807, 2.05) is 12.1 Å². The average molecular weight is 385 g/mol. The molecule has 0 saturated heterocycles. The molecule has 2 N–H and O–H groups in total. The first-order chi connectivity index (χ1) is 12.8. The van der Waals surface area contributed by atoms with Gasteiger partial charge in [-0.2, -0.15) is 0 Å². The SMILES string of the molecule is CCCC(C1=CC(C(C)(C)C)C(O)C=C1C)c1cc(C(C)(C)C)c(O)cc1C. The van der Waals surface area contributed by atoms with Crippen molar-refractivity contribution in [3.8, 4) is 5.75 Å². The molecule has 1 aromatic rings. The summed E-state index contributed by atoms with van der Waals surface area (Å²) in [6.07, 6.45) is 6.07. The van der Waals surface area contributed by atoms with Crippen molar-refractivity contribution in [2.24, 2.45) is 11.3 Å². The predicted molar refractivity (Wildman–Crippen MR) is 120 cm³/mol. The van der Waals surface area contributed by atoms with Crippen molar-refractivity contribution in [1.29, 1.82) is 0 Å². The summed E-state index contributed by atoms with van der Waals surface area (Å²) in [6.45, 7) is 19.5. The fourth-order valence-corrected chi connectivity index (χ4v) is 4.49. The Morgan fingerprint density at radius 2 is 1.61 bits per heavy atom. The molecule has 1 aliphatic rings. The van der Waals surface area contributed by atoms with Crippen LogP contribution < -0.4 is 0 Å². The Morgan fingerprint density at radius 1 is 1.00 bits per heavy atom. The molecule has 0 saturated carbocycles. The van der Waals surface area contributed by atoms with Crippen LogP contribution >= 0.6 is 0 Å². The summed E-state index contributed by atoms with van der Waals surface area (Å²) in [5.74, 6) is 0.766. The minimum atomic E-state index is -0.433. The minimum Gasteiger partial charge on any atom is -0.508 e. The quantitative estimate of drug-likeness (QED) is 0.600. The van der Waals surface area contributed by atoms with Crippen molar-refractivity contribution in [2.75, 3.05) is 0 Å². The van der Waals surface area contributed by atoms with Crippen molar-refractivity contribution in [3.05, 3.63) is 52.1 Å². The molecule has 0 spiro atoms. The summed E-state index contributed by atoms with van der Waals surface area (Å²) in [5, 5.41) is 21.2. The zero-order valence-corrected chi connectivity index (χ0v) is 19.4. The maximum absolute atomic E-state index is 10.7. The number of hydrogen-bond acceptors (Lipinski definition) is 2. The second-order valence-electron chi connectivity index (χ2n) is 10.7. The molecule has 1 aromatic carbocycles. The van der Waals surface area contributed by atoms with Crippen LogP contribution in [0.1, 0.15) is 90.8 Å². The lowest BCUT2D eigenvalue weighted by Crippen LogP contribution is -2.32. The first-order valence-corrected chi connectivity index (χ1v) is 10.7. The summed E-state index contributed by atoms with van der Waals surface area (Å²) in [7, 11) is 0. The Morgan fingerprint density at radius 3 is 2.11 bits per heavy atom. The number of phenols is 1. The number of allylic oxidation sites excluding steroid dienone is 2. The number of hydrogen-bond donors (Lipinski definition) is 2. The molecule has 0 heterocycles. The van der Waals surface area contributed by atoms with Gasteiger partial charge in [0.05, 0.1) is 6.10 Å². The van der Waals surface area contributed by atoms with Gasteiger partial charge in [0.2, 0.25) is 0 Å². The highest BCUT2D eigenvalue weighted by Gasteiger charge is 2.34. The molecule has 0 aliphatic heterocycles. The van der Waals surface area contributed by atoms with Gasteiger partial charge in [-0.1, -0.05) is 73.1 Å². The lowest BCUT2D eigenvalue weighted by atomic mass is 9.69. The van der Waals surface area contributed by atoms with E-state index >= 15 is 0 Å². The number of aromatic hydroxyl groups is 1. The van der Waals surface area contributed by atoms with Crippen LogP contribution in [0.5, 0.6) is 5.75 Å². The number of aliphatic hydroxyl groups excluding tert-OH is 1. The summed E-state index contributed by atoms with van der Waals surface area (Å²) < 4.78 is 0. The van der Waals surface area contributed by atoms with Crippen molar-refractivity contribution in [3.63, 3.8) is 0 Å². The Kier molecular flexibility index (Phi) is 6.55. The Balaban J connectivity index is 2.64. The number of benzene rings is 1. The van der Waals surface area contributed by atoms with Crippen LogP contribution in [0, 0.1) is 18.3 Å². The minimum absolute atomic E-state index is 0.000792. The largest absolute Gasteiger partial charge is 0.508 e. The van der Waals surface area contributed by atoms with Crippen molar-refractivity contribution < 1.29 is 10.2 Å². The van der Waals surface area contributed by atoms with Crippen LogP contribution in [0.3, 0.4) is 0 Å². The van der Waals surface area contributed by atoms with Crippen molar-refractivity contribution >= 4 is 0 Å². The second-order valence-corrected chi connectivity index (χ2v) is 10.7. The summed E-state index contributed by atoms with van der Waals surface area (Å²) >= 11 is 0. The molecule has 2 nitrogen and oxygen atoms in total. The van der Waals surface area contributed by atoms with E-state index < -0.39 is 6.10 Å². The monoisotopic (exact) mass is 384 g/mol. The van der Waals surface area contributed by atoms with E-state index in [1.165, 1.54) is 16.7 Å². The zero-order valence-electron chi connectivity index (χ0n) is 19.4. The van der Waals surface area contributed by atoms with Gasteiger partial charge in [0.25, 0.3) is 0 Å². The number of phenolic OH excluding ortho intramolecular Hbond substituents is 1. The lowest BCUT2D eigenvalue weighted by molar-refractivity contribution is 0.105. The predicted octanol–water partition coefficient (Wildman–Crippen LogP) is 6.79. The third kappa shape index (κ3) is 4.71. The Hall–Kier alpha value is -1.54. The van der Waals surface area contributed by atoms with Crippen molar-refractivity contribution in [2.45, 2.75) is 92.6 Å².